The summed E-state index contributed by atoms with van der Waals surface area (Å²) in [5, 5.41) is 9.58. The van der Waals surface area contributed by atoms with E-state index in [4.69, 9.17) is 4.98 Å². The molecule has 0 atom stereocenters. The molecule has 0 fully saturated rings. The lowest BCUT2D eigenvalue weighted by Crippen LogP contribution is -2.03. The van der Waals surface area contributed by atoms with Crippen molar-refractivity contribution in [3.8, 4) is 0 Å². The highest BCUT2D eigenvalue weighted by atomic mass is 15.1. The van der Waals surface area contributed by atoms with Crippen LogP contribution in [0.15, 0.2) is 12.1 Å². The van der Waals surface area contributed by atoms with Crippen molar-refractivity contribution in [3.05, 3.63) is 29.2 Å². The molecular formula is C14H19N3. The fourth-order valence-corrected chi connectivity index (χ4v) is 1.90. The molecule has 0 aliphatic heterocycles. The quantitative estimate of drug-likeness (QED) is 0.790. The van der Waals surface area contributed by atoms with Crippen LogP contribution in [0.5, 0.6) is 0 Å². The van der Waals surface area contributed by atoms with Crippen molar-refractivity contribution in [1.29, 1.82) is 0 Å². The number of rotatable bonds is 2. The van der Waals surface area contributed by atoms with E-state index in [0.29, 0.717) is 11.8 Å². The molecule has 2 rings (SSSR count). The van der Waals surface area contributed by atoms with Gasteiger partial charge in [0.2, 0.25) is 0 Å². The molecule has 2 aromatic rings. The molecular weight excluding hydrogens is 210 g/mol. The Balaban J connectivity index is 2.76. The third-order valence-corrected chi connectivity index (χ3v) is 2.88. The first kappa shape index (κ1) is 12.0. The highest BCUT2D eigenvalue weighted by molar-refractivity contribution is 5.81. The van der Waals surface area contributed by atoms with Gasteiger partial charge in [-0.2, -0.15) is 5.10 Å². The van der Waals surface area contributed by atoms with Crippen LogP contribution in [0.4, 0.5) is 0 Å². The predicted molar refractivity (Wildman–Crippen MR) is 70.2 cm³/mol. The minimum absolute atomic E-state index is 0.369. The first-order valence-electron chi connectivity index (χ1n) is 6.14. The molecule has 0 amide bonds. The van der Waals surface area contributed by atoms with Crippen LogP contribution in [0, 0.1) is 6.92 Å². The van der Waals surface area contributed by atoms with Crippen LogP contribution in [0.25, 0.3) is 10.9 Å². The highest BCUT2D eigenvalue weighted by Crippen LogP contribution is 2.25. The number of hydrogen-bond acceptors (Lipinski definition) is 3. The topological polar surface area (TPSA) is 38.7 Å². The molecule has 0 saturated heterocycles. The van der Waals surface area contributed by atoms with Crippen LogP contribution < -0.4 is 0 Å². The Hall–Kier alpha value is -1.51. The molecule has 0 N–H and O–H groups in total. The lowest BCUT2D eigenvalue weighted by molar-refractivity contribution is 0.769. The Bertz CT molecular complexity index is 544. The fraction of sp³-hybridized carbons (Fsp3) is 0.500. The number of pyridine rings is 1. The van der Waals surface area contributed by atoms with Gasteiger partial charge in [0.25, 0.3) is 0 Å². The van der Waals surface area contributed by atoms with Crippen molar-refractivity contribution in [2.45, 2.75) is 46.5 Å². The van der Waals surface area contributed by atoms with Crippen molar-refractivity contribution < 1.29 is 0 Å². The smallest absolute Gasteiger partial charge is 0.115 e. The van der Waals surface area contributed by atoms with Gasteiger partial charge in [-0.25, -0.2) is 0 Å². The van der Waals surface area contributed by atoms with E-state index in [-0.39, 0.29) is 0 Å². The Morgan fingerprint density at radius 3 is 2.24 bits per heavy atom. The van der Waals surface area contributed by atoms with E-state index in [2.05, 4.69) is 50.0 Å². The second-order valence-electron chi connectivity index (χ2n) is 5.17. The number of aryl methyl sites for hydroxylation is 1. The summed E-state index contributed by atoms with van der Waals surface area (Å²) >= 11 is 0. The van der Waals surface area contributed by atoms with E-state index in [9.17, 15) is 0 Å². The number of hydrogen-bond donors (Lipinski definition) is 0. The molecule has 2 aromatic heterocycles. The molecule has 3 nitrogen and oxygen atoms in total. The van der Waals surface area contributed by atoms with Gasteiger partial charge in [0, 0.05) is 11.1 Å². The first-order chi connectivity index (χ1) is 7.99. The van der Waals surface area contributed by atoms with Gasteiger partial charge in [0.1, 0.15) is 5.52 Å². The highest BCUT2D eigenvalue weighted by Gasteiger charge is 2.13. The molecule has 3 heteroatoms. The lowest BCUT2D eigenvalue weighted by Gasteiger charge is -2.12. The zero-order valence-corrected chi connectivity index (χ0v) is 11.2. The van der Waals surface area contributed by atoms with Gasteiger partial charge >= 0.3 is 0 Å². The third kappa shape index (κ3) is 2.28. The van der Waals surface area contributed by atoms with E-state index in [1.165, 1.54) is 0 Å². The summed E-state index contributed by atoms with van der Waals surface area (Å²) in [5.41, 5.74) is 4.08. The summed E-state index contributed by atoms with van der Waals surface area (Å²) in [6.07, 6.45) is 0. The average molecular weight is 229 g/mol. The van der Waals surface area contributed by atoms with E-state index >= 15 is 0 Å². The van der Waals surface area contributed by atoms with Crippen LogP contribution in [-0.4, -0.2) is 15.2 Å². The van der Waals surface area contributed by atoms with Gasteiger partial charge in [0.15, 0.2) is 0 Å². The maximum Gasteiger partial charge on any atom is 0.115 e. The molecule has 0 bridgehead atoms. The van der Waals surface area contributed by atoms with Crippen LogP contribution in [0.3, 0.4) is 0 Å². The molecule has 0 saturated carbocycles. The minimum Gasteiger partial charge on any atom is -0.255 e. The molecule has 0 radical (unpaired) electrons. The third-order valence-electron chi connectivity index (χ3n) is 2.88. The van der Waals surface area contributed by atoms with Crippen LogP contribution in [0.1, 0.15) is 56.6 Å². The predicted octanol–water partition coefficient (Wildman–Crippen LogP) is 3.58. The second-order valence-corrected chi connectivity index (χ2v) is 5.17. The Morgan fingerprint density at radius 2 is 1.65 bits per heavy atom. The standard InChI is InChI=1S/C14H19N3/c1-8(2)12-7-11-6-10(5)16-17-14(11)13(15-12)9(3)4/h6-9H,1-5H3. The summed E-state index contributed by atoms with van der Waals surface area (Å²) in [5.74, 6) is 0.804. The van der Waals surface area contributed by atoms with E-state index in [1.54, 1.807) is 0 Å². The van der Waals surface area contributed by atoms with Crippen LogP contribution in [0.2, 0.25) is 0 Å². The summed E-state index contributed by atoms with van der Waals surface area (Å²) < 4.78 is 0. The first-order valence-corrected chi connectivity index (χ1v) is 6.14. The zero-order chi connectivity index (χ0) is 12.6. The van der Waals surface area contributed by atoms with E-state index in [1.807, 2.05) is 6.92 Å². The van der Waals surface area contributed by atoms with Gasteiger partial charge in [0.05, 0.1) is 11.4 Å². The van der Waals surface area contributed by atoms with Crippen molar-refractivity contribution in [2.24, 2.45) is 0 Å². The largest absolute Gasteiger partial charge is 0.255 e. The summed E-state index contributed by atoms with van der Waals surface area (Å²) in [7, 11) is 0. The summed E-state index contributed by atoms with van der Waals surface area (Å²) in [4.78, 5) is 4.73. The molecule has 90 valence electrons. The van der Waals surface area contributed by atoms with Gasteiger partial charge in [-0.15, -0.1) is 5.10 Å². The molecule has 17 heavy (non-hydrogen) atoms. The average Bonchev–Trinajstić information content (AvgIpc) is 2.26. The van der Waals surface area contributed by atoms with Crippen LogP contribution >= 0.6 is 0 Å². The fourth-order valence-electron chi connectivity index (χ4n) is 1.90. The maximum absolute atomic E-state index is 4.73. The maximum atomic E-state index is 4.73. The number of aromatic nitrogens is 3. The molecule has 0 aromatic carbocycles. The van der Waals surface area contributed by atoms with Crippen molar-refractivity contribution in [3.63, 3.8) is 0 Å². The lowest BCUT2D eigenvalue weighted by atomic mass is 10.0. The summed E-state index contributed by atoms with van der Waals surface area (Å²) in [6.45, 7) is 10.6. The van der Waals surface area contributed by atoms with E-state index < -0.39 is 0 Å². The van der Waals surface area contributed by atoms with Crippen molar-refractivity contribution >= 4 is 10.9 Å². The molecule has 0 aliphatic rings. The second kappa shape index (κ2) is 4.40. The van der Waals surface area contributed by atoms with Crippen molar-refractivity contribution in [1.82, 2.24) is 15.2 Å². The van der Waals surface area contributed by atoms with Gasteiger partial charge in [-0.05, 0) is 30.9 Å². The van der Waals surface area contributed by atoms with Crippen molar-refractivity contribution in [2.75, 3.05) is 0 Å². The Labute approximate surface area is 102 Å². The monoisotopic (exact) mass is 229 g/mol. The molecule has 0 aliphatic carbocycles. The van der Waals surface area contributed by atoms with E-state index in [0.717, 1.165) is 28.0 Å². The molecule has 0 unspecified atom stereocenters. The van der Waals surface area contributed by atoms with Gasteiger partial charge in [-0.1, -0.05) is 27.7 Å². The summed E-state index contributed by atoms with van der Waals surface area (Å²) in [6, 6.07) is 4.22. The Kier molecular flexibility index (Phi) is 3.09. The minimum atomic E-state index is 0.369. The normalized spacial score (nSPS) is 11.7. The van der Waals surface area contributed by atoms with Gasteiger partial charge in [-0.3, -0.25) is 4.98 Å². The zero-order valence-electron chi connectivity index (χ0n) is 11.2. The number of fused-ring (bicyclic) bond motifs is 1. The number of nitrogens with zero attached hydrogens (tertiary/aromatic N) is 3. The Morgan fingerprint density at radius 1 is 0.941 bits per heavy atom. The molecule has 0 spiro atoms. The SMILES string of the molecule is Cc1cc2cc(C(C)C)nc(C(C)C)c2nn1. The molecule has 2 heterocycles. The van der Waals surface area contributed by atoms with Crippen LogP contribution in [-0.2, 0) is 0 Å². The van der Waals surface area contributed by atoms with Gasteiger partial charge < -0.3 is 0 Å².